The van der Waals surface area contributed by atoms with Gasteiger partial charge in [-0.15, -0.1) is 0 Å². The summed E-state index contributed by atoms with van der Waals surface area (Å²) in [6, 6.07) is 10.8. The molecule has 5 heteroatoms. The van der Waals surface area contributed by atoms with Gasteiger partial charge in [-0.3, -0.25) is 0 Å². The Morgan fingerprint density at radius 3 is 2.62 bits per heavy atom. The molecule has 2 heterocycles. The molecule has 1 aromatic carbocycles. The molecule has 3 nitrogen and oxygen atoms in total. The van der Waals surface area contributed by atoms with Crippen molar-refractivity contribution in [2.75, 3.05) is 11.9 Å². The number of rotatable bonds is 1. The van der Waals surface area contributed by atoms with Crippen LogP contribution in [0.15, 0.2) is 36.4 Å². The summed E-state index contributed by atoms with van der Waals surface area (Å²) in [5.74, 6) is -0.244. The largest absolute Gasteiger partial charge is 0.345 e. The van der Waals surface area contributed by atoms with Crippen LogP contribution in [0.3, 0.4) is 0 Å². The Morgan fingerprint density at radius 2 is 1.90 bits per heavy atom. The fourth-order valence-corrected chi connectivity index (χ4v) is 3.19. The van der Waals surface area contributed by atoms with Gasteiger partial charge in [0.2, 0.25) is 0 Å². The molecule has 0 saturated heterocycles. The first-order chi connectivity index (χ1) is 10.1. The maximum Gasteiger partial charge on any atom is 0.174 e. The van der Waals surface area contributed by atoms with Gasteiger partial charge < -0.3 is 14.8 Å². The molecule has 0 bridgehead atoms. The van der Waals surface area contributed by atoms with Crippen LogP contribution in [0.5, 0.6) is 0 Å². The average Bonchev–Trinajstić information content (AvgIpc) is 2.84. The lowest BCUT2D eigenvalue weighted by atomic mass is 10.1. The normalized spacial score (nSPS) is 17.5. The second-order valence-corrected chi connectivity index (χ2v) is 5.74. The van der Waals surface area contributed by atoms with Crippen LogP contribution in [-0.4, -0.2) is 21.1 Å². The molecule has 0 amide bonds. The Hall–Kier alpha value is -1.88. The lowest BCUT2D eigenvalue weighted by Crippen LogP contribution is -2.43. The first kappa shape index (κ1) is 14.1. The van der Waals surface area contributed by atoms with E-state index in [4.69, 9.17) is 12.2 Å². The van der Waals surface area contributed by atoms with Crippen LogP contribution >= 0.6 is 12.2 Å². The molecule has 0 saturated carbocycles. The van der Waals surface area contributed by atoms with Crippen molar-refractivity contribution in [1.82, 2.24) is 9.47 Å². The van der Waals surface area contributed by atoms with E-state index in [1.165, 1.54) is 23.5 Å². The van der Waals surface area contributed by atoms with Crippen LogP contribution in [0.1, 0.15) is 24.4 Å². The molecule has 2 aromatic rings. The standard InChI is InChI=1S/C16H18FN3S/c1-11-3-8-15-12(2)20(10-9-19(11)15)16(21)18-14-6-4-13(17)5-7-14/h3-8,12H,9-10H2,1-2H3,(H,18,21)/t12-/m0/s1. The predicted molar refractivity (Wildman–Crippen MR) is 86.9 cm³/mol. The molecule has 1 atom stereocenters. The summed E-state index contributed by atoms with van der Waals surface area (Å²) in [7, 11) is 0. The van der Waals surface area contributed by atoms with E-state index >= 15 is 0 Å². The topological polar surface area (TPSA) is 20.2 Å². The number of hydrogen-bond donors (Lipinski definition) is 1. The van der Waals surface area contributed by atoms with Gasteiger partial charge in [0.15, 0.2) is 5.11 Å². The summed E-state index contributed by atoms with van der Waals surface area (Å²) >= 11 is 5.51. The van der Waals surface area contributed by atoms with Crippen molar-refractivity contribution in [1.29, 1.82) is 0 Å². The number of thiocarbonyl (C=S) groups is 1. The zero-order valence-corrected chi connectivity index (χ0v) is 13.0. The van der Waals surface area contributed by atoms with Crippen molar-refractivity contribution in [3.63, 3.8) is 0 Å². The minimum absolute atomic E-state index is 0.230. The highest BCUT2D eigenvalue weighted by Gasteiger charge is 2.26. The van der Waals surface area contributed by atoms with Crippen molar-refractivity contribution in [3.05, 3.63) is 53.6 Å². The predicted octanol–water partition coefficient (Wildman–Crippen LogP) is 3.71. The van der Waals surface area contributed by atoms with Crippen LogP contribution in [0.2, 0.25) is 0 Å². The maximum absolute atomic E-state index is 12.9. The summed E-state index contributed by atoms with van der Waals surface area (Å²) < 4.78 is 15.3. The fourth-order valence-electron chi connectivity index (χ4n) is 2.83. The van der Waals surface area contributed by atoms with E-state index in [1.807, 2.05) is 0 Å². The SMILES string of the molecule is Cc1ccc2n1CCN(C(=S)Nc1ccc(F)cc1)[C@H]2C. The summed E-state index contributed by atoms with van der Waals surface area (Å²) in [5, 5.41) is 3.87. The molecule has 0 unspecified atom stereocenters. The second-order valence-electron chi connectivity index (χ2n) is 5.36. The quantitative estimate of drug-likeness (QED) is 0.811. The lowest BCUT2D eigenvalue weighted by molar-refractivity contribution is 0.274. The Labute approximate surface area is 129 Å². The van der Waals surface area contributed by atoms with Crippen molar-refractivity contribution < 1.29 is 4.39 Å². The Morgan fingerprint density at radius 1 is 1.19 bits per heavy atom. The van der Waals surface area contributed by atoms with E-state index in [0.717, 1.165) is 18.8 Å². The van der Waals surface area contributed by atoms with Crippen molar-refractivity contribution >= 4 is 23.0 Å². The van der Waals surface area contributed by atoms with E-state index in [0.29, 0.717) is 5.11 Å². The molecule has 1 aliphatic rings. The van der Waals surface area contributed by atoms with Gasteiger partial charge in [-0.2, -0.15) is 0 Å². The Bertz CT molecular complexity index is 663. The van der Waals surface area contributed by atoms with Gasteiger partial charge in [0.1, 0.15) is 5.82 Å². The van der Waals surface area contributed by atoms with E-state index in [-0.39, 0.29) is 11.9 Å². The third-order valence-corrected chi connectivity index (χ3v) is 4.39. The number of benzene rings is 1. The zero-order chi connectivity index (χ0) is 15.0. The molecule has 1 N–H and O–H groups in total. The first-order valence-electron chi connectivity index (χ1n) is 7.05. The maximum atomic E-state index is 12.9. The van der Waals surface area contributed by atoms with E-state index in [2.05, 4.69) is 40.8 Å². The van der Waals surface area contributed by atoms with Crippen LogP contribution in [0, 0.1) is 12.7 Å². The zero-order valence-electron chi connectivity index (χ0n) is 12.1. The number of aromatic nitrogens is 1. The number of fused-ring (bicyclic) bond motifs is 1. The third kappa shape index (κ3) is 2.65. The summed E-state index contributed by atoms with van der Waals surface area (Å²) in [6.07, 6.45) is 0. The van der Waals surface area contributed by atoms with E-state index < -0.39 is 0 Å². The van der Waals surface area contributed by atoms with Crippen LogP contribution in [0.4, 0.5) is 10.1 Å². The Kier molecular flexibility index (Phi) is 3.68. The molecule has 0 fully saturated rings. The molecular weight excluding hydrogens is 285 g/mol. The molecule has 21 heavy (non-hydrogen) atoms. The van der Waals surface area contributed by atoms with Gasteiger partial charge >= 0.3 is 0 Å². The van der Waals surface area contributed by atoms with Gasteiger partial charge in [0.05, 0.1) is 6.04 Å². The second kappa shape index (κ2) is 5.48. The number of aryl methyl sites for hydroxylation is 1. The average molecular weight is 303 g/mol. The van der Waals surface area contributed by atoms with Gasteiger partial charge in [-0.25, -0.2) is 4.39 Å². The minimum Gasteiger partial charge on any atom is -0.345 e. The molecule has 110 valence electrons. The highest BCUT2D eigenvalue weighted by Crippen LogP contribution is 2.27. The minimum atomic E-state index is -0.244. The summed E-state index contributed by atoms with van der Waals surface area (Å²) in [5.41, 5.74) is 3.38. The smallest absolute Gasteiger partial charge is 0.174 e. The first-order valence-corrected chi connectivity index (χ1v) is 7.46. The summed E-state index contributed by atoms with van der Waals surface area (Å²) in [6.45, 7) is 6.09. The van der Waals surface area contributed by atoms with Crippen molar-refractivity contribution in [2.24, 2.45) is 0 Å². The number of nitrogens with one attached hydrogen (secondary N) is 1. The summed E-state index contributed by atoms with van der Waals surface area (Å²) in [4.78, 5) is 2.17. The molecule has 3 rings (SSSR count). The van der Waals surface area contributed by atoms with E-state index in [1.54, 1.807) is 12.1 Å². The third-order valence-electron chi connectivity index (χ3n) is 4.05. The van der Waals surface area contributed by atoms with Crippen LogP contribution in [-0.2, 0) is 6.54 Å². The highest BCUT2D eigenvalue weighted by atomic mass is 32.1. The molecule has 1 aromatic heterocycles. The lowest BCUT2D eigenvalue weighted by Gasteiger charge is -2.37. The van der Waals surface area contributed by atoms with Crippen molar-refractivity contribution in [3.8, 4) is 0 Å². The van der Waals surface area contributed by atoms with E-state index in [9.17, 15) is 4.39 Å². The van der Waals surface area contributed by atoms with Crippen molar-refractivity contribution in [2.45, 2.75) is 26.4 Å². The van der Waals surface area contributed by atoms with Gasteiger partial charge in [-0.05, 0) is 62.5 Å². The molecule has 0 spiro atoms. The highest BCUT2D eigenvalue weighted by molar-refractivity contribution is 7.80. The molecule has 0 radical (unpaired) electrons. The fraction of sp³-hybridized carbons (Fsp3) is 0.312. The number of halogens is 1. The van der Waals surface area contributed by atoms with Crippen LogP contribution < -0.4 is 5.32 Å². The Balaban J connectivity index is 1.75. The monoisotopic (exact) mass is 303 g/mol. The molecule has 0 aliphatic carbocycles. The number of anilines is 1. The number of hydrogen-bond acceptors (Lipinski definition) is 1. The van der Waals surface area contributed by atoms with Gasteiger partial charge in [-0.1, -0.05) is 0 Å². The molecular formula is C16H18FN3S. The van der Waals surface area contributed by atoms with Crippen LogP contribution in [0.25, 0.3) is 0 Å². The van der Waals surface area contributed by atoms with Gasteiger partial charge in [0, 0.05) is 30.2 Å². The van der Waals surface area contributed by atoms with Gasteiger partial charge in [0.25, 0.3) is 0 Å². The molecule has 1 aliphatic heterocycles. The number of nitrogens with zero attached hydrogens (tertiary/aromatic N) is 2.